The van der Waals surface area contributed by atoms with Gasteiger partial charge in [0.25, 0.3) is 0 Å². The molecule has 5 heterocycles. The van der Waals surface area contributed by atoms with Gasteiger partial charge in [-0.2, -0.15) is 5.70 Å². The second-order valence-electron chi connectivity index (χ2n) is 25.7. The smallest absolute Gasteiger partial charge is 0.703 e. The van der Waals surface area contributed by atoms with Gasteiger partial charge in [0.05, 0.1) is 23.3 Å². The van der Waals surface area contributed by atoms with E-state index in [0.717, 1.165) is 95.2 Å². The number of thiol groups is 1. The van der Waals surface area contributed by atoms with Crippen molar-refractivity contribution in [2.45, 2.75) is 217 Å². The predicted octanol–water partition coefficient (Wildman–Crippen LogP) is 18.1. The van der Waals surface area contributed by atoms with Crippen molar-refractivity contribution in [3.8, 4) is 22.4 Å². The number of hydrazine groups is 1. The fourth-order valence-electron chi connectivity index (χ4n) is 12.1. The Balaban J connectivity index is 0.000000600. The monoisotopic (exact) mass is 1370 g/mol. The zero-order valence-corrected chi connectivity index (χ0v) is 61.5. The van der Waals surface area contributed by atoms with E-state index < -0.39 is 0 Å². The molecule has 6 atom stereocenters. The second kappa shape index (κ2) is 40.9. The van der Waals surface area contributed by atoms with Gasteiger partial charge in [-0.05, 0) is 188 Å². The van der Waals surface area contributed by atoms with Crippen LogP contribution in [0.25, 0.3) is 39.0 Å². The third kappa shape index (κ3) is 25.7. The molecule has 86 heavy (non-hydrogen) atoms. The van der Waals surface area contributed by atoms with Crippen LogP contribution in [0.1, 0.15) is 188 Å². The van der Waals surface area contributed by atoms with Crippen molar-refractivity contribution in [3.05, 3.63) is 134 Å². The molecule has 12 heteroatoms. The molecule has 3 aliphatic heterocycles. The van der Waals surface area contributed by atoms with E-state index in [-0.39, 0.29) is 33.8 Å². The number of benzene rings is 2. The van der Waals surface area contributed by atoms with Gasteiger partial charge >= 0.3 is 22.4 Å². The maximum atomic E-state index is 6.39. The molecule has 0 amide bonds. The van der Waals surface area contributed by atoms with Gasteiger partial charge in [0.1, 0.15) is 0 Å². The first-order chi connectivity index (χ1) is 40.6. The molecule has 2 aromatic heterocycles. The molecule has 5 aliphatic rings. The van der Waals surface area contributed by atoms with E-state index in [2.05, 4.69) is 217 Å². The Kier molecular flexibility index (Phi) is 37.3. The molecule has 0 spiro atoms. The summed E-state index contributed by atoms with van der Waals surface area (Å²) in [5.74, 6) is 3.13. The molecular formula is C74H124N10STa. The molecule has 4 N–H and O–H groups in total. The molecule has 2 aliphatic carbocycles. The van der Waals surface area contributed by atoms with Crippen LogP contribution in [-0.2, 0) is 41.8 Å². The maximum absolute atomic E-state index is 6.39. The second-order valence-corrected chi connectivity index (χ2v) is 26.2. The first-order valence-corrected chi connectivity index (χ1v) is 33.6. The number of hydrogen-bond donors (Lipinski definition) is 4. The Bertz CT molecular complexity index is 2560. The predicted molar refractivity (Wildman–Crippen MR) is 380 cm³/mol. The van der Waals surface area contributed by atoms with Crippen molar-refractivity contribution >= 4 is 29.4 Å². The van der Waals surface area contributed by atoms with E-state index in [9.17, 15) is 0 Å². The van der Waals surface area contributed by atoms with Gasteiger partial charge in [-0.3, -0.25) is 19.6 Å². The van der Waals surface area contributed by atoms with Gasteiger partial charge in [0, 0.05) is 87.5 Å². The molecule has 481 valence electrons. The zero-order chi connectivity index (χ0) is 63.4. The minimum atomic E-state index is 0. The van der Waals surface area contributed by atoms with E-state index in [0.29, 0.717) is 23.7 Å². The number of anilines is 1. The summed E-state index contributed by atoms with van der Waals surface area (Å²) in [6.45, 7) is 55.6. The van der Waals surface area contributed by atoms with Crippen molar-refractivity contribution in [1.82, 2.24) is 39.8 Å². The minimum Gasteiger partial charge on any atom is -0.703 e. The number of rotatable bonds is 20. The van der Waals surface area contributed by atoms with Crippen LogP contribution in [-0.4, -0.2) is 108 Å². The number of aromatic nitrogens is 2. The van der Waals surface area contributed by atoms with Crippen molar-refractivity contribution in [3.63, 3.8) is 0 Å². The van der Waals surface area contributed by atoms with Crippen LogP contribution in [0.5, 0.6) is 0 Å². The number of aryl methyl sites for hydroxylation is 2. The van der Waals surface area contributed by atoms with Gasteiger partial charge in [-0.15, -0.1) is 25.8 Å². The molecule has 4 aromatic rings. The normalized spacial score (nSPS) is 19.6. The third-order valence-corrected chi connectivity index (χ3v) is 17.5. The summed E-state index contributed by atoms with van der Waals surface area (Å²) in [4.78, 5) is 10.6. The van der Waals surface area contributed by atoms with Crippen LogP contribution >= 0.6 is 12.8 Å². The van der Waals surface area contributed by atoms with Crippen molar-refractivity contribution < 1.29 is 22.4 Å². The summed E-state index contributed by atoms with van der Waals surface area (Å²) in [5, 5.41) is 9.61. The molecule has 2 aromatic carbocycles. The Morgan fingerprint density at radius 3 is 2.06 bits per heavy atom. The van der Waals surface area contributed by atoms with E-state index in [1.807, 2.05) is 34.0 Å². The number of allylic oxidation sites excluding steroid dienone is 2. The van der Waals surface area contributed by atoms with Crippen LogP contribution < -0.4 is 21.0 Å². The average Bonchev–Trinajstić information content (AvgIpc) is 1.67. The standard InChI is InChI=1S/C47H63N5.C11H20NS.C6H14N2.C3H6N.C3H8.C2H7N.C2H6.Ta/c1-10-15-20-47(8,9)31-43-41-29-36(37-26-33(6)25-35(27-37)28-38(12-3)48-13-4)16-19-44(41)52(14-5)46(43)42-30-40(32-49-45(42)34(7)11-2)51-23-21-50(22-24-51)39-17-18-39;1-8(10-3-4-10)7-11-5-6-12(13)9(11)2;1-6-4-3-5-8(2)7-6;1-3(2)4;2*1-3-2;1-2;/h10,12-13,16,19,25-27,29-30,32,34,38-39,48H,1,3-4,11,14-15,17-18,20-24,28,31H2,2,5-9H3;8-11,13H,2-7H2,1H3;6-7H,3-5H2,1-2H3;4H,1H2,2H3;3H2,1-2H3;3H,1-2H3;1-2H3;/q;-1;;-1;;;;+2/t;8?,9-,11?;6-;;;;;/m.11...../s1. The number of fused-ring (bicyclic) bond motifs is 1. The summed E-state index contributed by atoms with van der Waals surface area (Å²) in [6.07, 6.45) is 25.3. The summed E-state index contributed by atoms with van der Waals surface area (Å²) in [6, 6.07) is 18.8. The Morgan fingerprint density at radius 2 is 1.56 bits per heavy atom. The SMILES string of the molecule is C=C(C)[NH-].C=CCCC(C)(C)Cc1c(-c2cc(N3CCN(C4CC4)CC3)cnc2C(C)CC)n(CC)c2ccc(-c3cc(C)cc(CC(C=C)NC=C)c3)cc12.CC.CCC.CNC.C[C@@H]1CCCN(C)N1.[CH2-][C@@H]1C(CC(C)C2CC2)CCN1S.[Ta+2]. The molecule has 3 saturated heterocycles. The summed E-state index contributed by atoms with van der Waals surface area (Å²) in [5.41, 5.74) is 23.2. The minimum absolute atomic E-state index is 0. The first-order valence-electron chi connectivity index (χ1n) is 33.2. The zero-order valence-electron chi connectivity index (χ0n) is 57.4. The Morgan fingerprint density at radius 1 is 0.919 bits per heavy atom. The van der Waals surface area contributed by atoms with E-state index in [1.165, 1.54) is 126 Å². The summed E-state index contributed by atoms with van der Waals surface area (Å²) < 4.78 is 4.69. The van der Waals surface area contributed by atoms with E-state index in [1.54, 1.807) is 13.1 Å². The largest absolute Gasteiger partial charge is 2.00 e. The topological polar surface area (TPSA) is 90.7 Å². The summed E-state index contributed by atoms with van der Waals surface area (Å²) >= 11 is 4.41. The fourth-order valence-corrected chi connectivity index (χ4v) is 12.4. The van der Waals surface area contributed by atoms with Crippen LogP contribution in [0.2, 0.25) is 0 Å². The van der Waals surface area contributed by atoms with Crippen LogP contribution in [0, 0.1) is 37.0 Å². The van der Waals surface area contributed by atoms with Gasteiger partial charge < -0.3 is 32.8 Å². The molecule has 5 fully saturated rings. The third-order valence-electron chi connectivity index (χ3n) is 17.0. The van der Waals surface area contributed by atoms with Crippen LogP contribution in [0.15, 0.2) is 99.0 Å². The number of piperazine rings is 1. The maximum Gasteiger partial charge on any atom is 2.00 e. The van der Waals surface area contributed by atoms with Crippen LogP contribution in [0.3, 0.4) is 0 Å². The fraction of sp³-hybridized carbons (Fsp3) is 0.622. The molecule has 9 rings (SSSR count). The Labute approximate surface area is 549 Å². The van der Waals surface area contributed by atoms with E-state index >= 15 is 0 Å². The molecule has 10 nitrogen and oxygen atoms in total. The van der Waals surface area contributed by atoms with Gasteiger partial charge in [-0.1, -0.05) is 143 Å². The van der Waals surface area contributed by atoms with Crippen molar-refractivity contribution in [1.29, 1.82) is 0 Å². The van der Waals surface area contributed by atoms with Gasteiger partial charge in [0.15, 0.2) is 0 Å². The van der Waals surface area contributed by atoms with Crippen molar-refractivity contribution in [2.75, 3.05) is 65.3 Å². The van der Waals surface area contributed by atoms with Gasteiger partial charge in [0.2, 0.25) is 0 Å². The summed E-state index contributed by atoms with van der Waals surface area (Å²) in [7, 11) is 5.84. The molecule has 1 radical (unpaired) electrons. The number of nitrogens with zero attached hydrogens (tertiary/aromatic N) is 6. The number of hydrogen-bond acceptors (Lipinski definition) is 9. The molecule has 4 unspecified atom stereocenters. The van der Waals surface area contributed by atoms with Crippen molar-refractivity contribution in [2.24, 2.45) is 23.2 Å². The Hall–Kier alpha value is -3.62. The van der Waals surface area contributed by atoms with Crippen LogP contribution in [0.4, 0.5) is 5.69 Å². The quantitative estimate of drug-likeness (QED) is 0.0395. The molecule has 0 bridgehead atoms. The van der Waals surface area contributed by atoms with Gasteiger partial charge in [-0.25, -0.2) is 5.01 Å². The molecular weight excluding hydrogens is 1240 g/mol. The number of pyridine rings is 1. The average molecular weight is 1370 g/mol. The molecule has 2 saturated carbocycles. The number of nitrogens with one attached hydrogen (secondary N) is 4. The first kappa shape index (κ1) is 78.5. The van der Waals surface area contributed by atoms with E-state index in [4.69, 9.17) is 10.7 Å².